The fourth-order valence-corrected chi connectivity index (χ4v) is 2.61. The zero-order chi connectivity index (χ0) is 13.4. The molecule has 0 aliphatic heterocycles. The highest BCUT2D eigenvalue weighted by atomic mass is 35.5. The summed E-state index contributed by atoms with van der Waals surface area (Å²) >= 11 is 6.24. The van der Waals surface area contributed by atoms with Crippen molar-refractivity contribution in [3.8, 4) is 11.1 Å². The molecular weight excluding hydrogens is 258 g/mol. The van der Waals surface area contributed by atoms with Crippen molar-refractivity contribution in [2.24, 2.45) is 0 Å². The van der Waals surface area contributed by atoms with Crippen LogP contribution in [0.4, 0.5) is 0 Å². The minimum Gasteiger partial charge on any atom is -0.313 e. The molecule has 0 spiro atoms. The number of Topliss-reactive ketones (excluding diaryl/α,β-unsaturated/α-hetero) is 1. The first-order chi connectivity index (χ1) is 9.18. The van der Waals surface area contributed by atoms with Gasteiger partial charge in [0.15, 0.2) is 5.78 Å². The number of halogens is 1. The van der Waals surface area contributed by atoms with Gasteiger partial charge in [0.05, 0.1) is 5.69 Å². The highest BCUT2D eigenvalue weighted by molar-refractivity contribution is 6.33. The zero-order valence-electron chi connectivity index (χ0n) is 10.4. The summed E-state index contributed by atoms with van der Waals surface area (Å²) in [6.07, 6.45) is 1.90. The smallest absolute Gasteiger partial charge is 0.177 e. The van der Waals surface area contributed by atoms with Crippen molar-refractivity contribution in [1.29, 1.82) is 0 Å². The molecule has 0 saturated heterocycles. The summed E-state index contributed by atoms with van der Waals surface area (Å²) in [7, 11) is 0. The molecule has 2 heterocycles. The summed E-state index contributed by atoms with van der Waals surface area (Å²) in [5, 5.41) is 0.654. The minimum atomic E-state index is 0.0288. The van der Waals surface area contributed by atoms with Crippen LogP contribution < -0.4 is 0 Å². The normalized spacial score (nSPS) is 10.8. The molecule has 0 bridgehead atoms. The number of nitrogens with zero attached hydrogens (tertiary/aromatic N) is 1. The molecule has 0 atom stereocenters. The lowest BCUT2D eigenvalue weighted by molar-refractivity contribution is 0.101. The topological polar surface area (TPSA) is 21.5 Å². The Balaban J connectivity index is 2.38. The number of carbonyl (C=O) groups excluding carboxylic acids is 1. The van der Waals surface area contributed by atoms with Crippen molar-refractivity contribution >= 4 is 22.9 Å². The standard InChI is InChI=1S/C16H12ClNO/c1-11(19)16-14(13-7-2-3-8-15(13)17)10-12-6-4-5-9-18(12)16/h2-10H,1H3. The van der Waals surface area contributed by atoms with Gasteiger partial charge in [0.2, 0.25) is 0 Å². The molecule has 3 aromatic rings. The van der Waals surface area contributed by atoms with E-state index < -0.39 is 0 Å². The van der Waals surface area contributed by atoms with Gasteiger partial charge >= 0.3 is 0 Å². The van der Waals surface area contributed by atoms with Crippen molar-refractivity contribution in [2.75, 3.05) is 0 Å². The first kappa shape index (κ1) is 12.0. The third-order valence-corrected chi connectivity index (χ3v) is 3.51. The Morgan fingerprint density at radius 1 is 1.05 bits per heavy atom. The minimum absolute atomic E-state index is 0.0288. The molecular formula is C16H12ClNO. The van der Waals surface area contributed by atoms with Crippen LogP contribution in [0.15, 0.2) is 54.7 Å². The number of carbonyl (C=O) groups is 1. The Morgan fingerprint density at radius 2 is 1.79 bits per heavy atom. The van der Waals surface area contributed by atoms with Crippen molar-refractivity contribution in [3.05, 3.63) is 65.4 Å². The van der Waals surface area contributed by atoms with E-state index in [-0.39, 0.29) is 5.78 Å². The number of pyridine rings is 1. The molecule has 0 unspecified atom stereocenters. The number of aromatic nitrogens is 1. The average molecular weight is 270 g/mol. The highest BCUT2D eigenvalue weighted by Crippen LogP contribution is 2.33. The van der Waals surface area contributed by atoms with E-state index in [1.807, 2.05) is 59.1 Å². The fraction of sp³-hybridized carbons (Fsp3) is 0.0625. The molecule has 94 valence electrons. The third kappa shape index (κ3) is 1.94. The van der Waals surface area contributed by atoms with Crippen molar-refractivity contribution in [3.63, 3.8) is 0 Å². The monoisotopic (exact) mass is 269 g/mol. The van der Waals surface area contributed by atoms with Crippen LogP contribution in [0.5, 0.6) is 0 Å². The van der Waals surface area contributed by atoms with Gasteiger partial charge in [-0.25, -0.2) is 0 Å². The van der Waals surface area contributed by atoms with Crippen LogP contribution in [0, 0.1) is 0 Å². The molecule has 0 fully saturated rings. The first-order valence-electron chi connectivity index (χ1n) is 6.04. The maximum atomic E-state index is 12.0. The zero-order valence-corrected chi connectivity index (χ0v) is 11.2. The molecule has 0 aliphatic carbocycles. The van der Waals surface area contributed by atoms with Crippen LogP contribution in [-0.2, 0) is 0 Å². The molecule has 1 aromatic carbocycles. The molecule has 2 aromatic heterocycles. The van der Waals surface area contributed by atoms with E-state index in [1.165, 1.54) is 0 Å². The summed E-state index contributed by atoms with van der Waals surface area (Å²) < 4.78 is 1.90. The number of rotatable bonds is 2. The molecule has 0 radical (unpaired) electrons. The SMILES string of the molecule is CC(=O)c1c(-c2ccccc2Cl)cc2ccccn12. The highest BCUT2D eigenvalue weighted by Gasteiger charge is 2.16. The van der Waals surface area contributed by atoms with Gasteiger partial charge in [-0.1, -0.05) is 35.9 Å². The Hall–Kier alpha value is -2.06. The van der Waals surface area contributed by atoms with Crippen LogP contribution >= 0.6 is 11.6 Å². The van der Waals surface area contributed by atoms with Gasteiger partial charge in [-0.2, -0.15) is 0 Å². The molecule has 19 heavy (non-hydrogen) atoms. The van der Waals surface area contributed by atoms with Crippen molar-refractivity contribution < 1.29 is 4.79 Å². The Kier molecular flexibility index (Phi) is 2.88. The molecule has 0 saturated carbocycles. The second-order valence-corrected chi connectivity index (χ2v) is 4.85. The van der Waals surface area contributed by atoms with Gasteiger partial charge in [0.1, 0.15) is 0 Å². The van der Waals surface area contributed by atoms with E-state index >= 15 is 0 Å². The van der Waals surface area contributed by atoms with Gasteiger partial charge in [0.25, 0.3) is 0 Å². The van der Waals surface area contributed by atoms with Crippen molar-refractivity contribution in [1.82, 2.24) is 4.40 Å². The summed E-state index contributed by atoms with van der Waals surface area (Å²) in [6.45, 7) is 1.58. The quantitative estimate of drug-likeness (QED) is 0.629. The Labute approximate surface area is 116 Å². The van der Waals surface area contributed by atoms with E-state index in [9.17, 15) is 4.79 Å². The van der Waals surface area contributed by atoms with Gasteiger partial charge in [0, 0.05) is 34.8 Å². The number of hydrogen-bond donors (Lipinski definition) is 0. The van der Waals surface area contributed by atoms with Gasteiger partial charge in [-0.05, 0) is 24.3 Å². The van der Waals surface area contributed by atoms with E-state index in [0.717, 1.165) is 16.6 Å². The van der Waals surface area contributed by atoms with E-state index in [0.29, 0.717) is 10.7 Å². The molecule has 0 aliphatic rings. The van der Waals surface area contributed by atoms with E-state index in [4.69, 9.17) is 11.6 Å². The number of fused-ring (bicyclic) bond motifs is 1. The molecule has 2 nitrogen and oxygen atoms in total. The second kappa shape index (κ2) is 4.56. The number of hydrogen-bond acceptors (Lipinski definition) is 1. The predicted molar refractivity (Wildman–Crippen MR) is 77.8 cm³/mol. The fourth-order valence-electron chi connectivity index (χ4n) is 2.37. The summed E-state index contributed by atoms with van der Waals surface area (Å²) in [6, 6.07) is 15.4. The number of benzene rings is 1. The summed E-state index contributed by atoms with van der Waals surface area (Å²) in [5.74, 6) is 0.0288. The lowest BCUT2D eigenvalue weighted by Crippen LogP contribution is -2.00. The third-order valence-electron chi connectivity index (χ3n) is 3.18. The second-order valence-electron chi connectivity index (χ2n) is 4.44. The van der Waals surface area contributed by atoms with Gasteiger partial charge < -0.3 is 4.40 Å². The average Bonchev–Trinajstić information content (AvgIpc) is 2.78. The molecule has 0 N–H and O–H groups in total. The summed E-state index contributed by atoms with van der Waals surface area (Å²) in [4.78, 5) is 12.0. The van der Waals surface area contributed by atoms with Gasteiger partial charge in [-0.3, -0.25) is 4.79 Å². The Morgan fingerprint density at radius 3 is 2.53 bits per heavy atom. The molecule has 3 heteroatoms. The maximum absolute atomic E-state index is 12.0. The Bertz CT molecular complexity index is 773. The molecule has 0 amide bonds. The lowest BCUT2D eigenvalue weighted by Gasteiger charge is -2.05. The largest absolute Gasteiger partial charge is 0.313 e. The van der Waals surface area contributed by atoms with Crippen molar-refractivity contribution in [2.45, 2.75) is 6.92 Å². The summed E-state index contributed by atoms with van der Waals surface area (Å²) in [5.41, 5.74) is 3.42. The van der Waals surface area contributed by atoms with Crippen LogP contribution in [0.1, 0.15) is 17.4 Å². The maximum Gasteiger partial charge on any atom is 0.177 e. The lowest BCUT2D eigenvalue weighted by atomic mass is 10.0. The predicted octanol–water partition coefficient (Wildman–Crippen LogP) is 4.46. The van der Waals surface area contributed by atoms with Crippen LogP contribution in [-0.4, -0.2) is 10.2 Å². The van der Waals surface area contributed by atoms with Crippen LogP contribution in [0.2, 0.25) is 5.02 Å². The number of ketones is 1. The van der Waals surface area contributed by atoms with Crippen LogP contribution in [0.3, 0.4) is 0 Å². The van der Waals surface area contributed by atoms with Gasteiger partial charge in [-0.15, -0.1) is 0 Å². The van der Waals surface area contributed by atoms with E-state index in [1.54, 1.807) is 6.92 Å². The van der Waals surface area contributed by atoms with Crippen LogP contribution in [0.25, 0.3) is 16.6 Å². The first-order valence-corrected chi connectivity index (χ1v) is 6.42. The molecule has 3 rings (SSSR count). The van der Waals surface area contributed by atoms with E-state index in [2.05, 4.69) is 0 Å².